The summed E-state index contributed by atoms with van der Waals surface area (Å²) < 4.78 is 0. The third kappa shape index (κ3) is 3.65. The lowest BCUT2D eigenvalue weighted by Crippen LogP contribution is -2.35. The summed E-state index contributed by atoms with van der Waals surface area (Å²) in [5, 5.41) is 14.9. The maximum Gasteiger partial charge on any atom is 0.275 e. The predicted molar refractivity (Wildman–Crippen MR) is 75.5 cm³/mol. The first-order valence-corrected chi connectivity index (χ1v) is 6.79. The maximum atomic E-state index is 11.0. The van der Waals surface area contributed by atoms with E-state index in [4.69, 9.17) is 11.6 Å². The second kappa shape index (κ2) is 6.32. The van der Waals surface area contributed by atoms with Crippen LogP contribution >= 0.6 is 11.6 Å². The molecule has 0 aromatic heterocycles. The molecule has 104 valence electrons. The Morgan fingerprint density at radius 2 is 2.37 bits per heavy atom. The summed E-state index contributed by atoms with van der Waals surface area (Å²) in [6, 6.07) is 5.29. The van der Waals surface area contributed by atoms with E-state index in [1.807, 2.05) is 7.05 Å². The topological polar surface area (TPSA) is 58.4 Å². The van der Waals surface area contributed by atoms with Crippen LogP contribution in [0.15, 0.2) is 18.2 Å². The van der Waals surface area contributed by atoms with Crippen molar-refractivity contribution in [2.75, 3.05) is 20.1 Å². The zero-order valence-electron chi connectivity index (χ0n) is 10.9. The molecule has 5 nitrogen and oxygen atoms in total. The average Bonchev–Trinajstić information content (AvgIpc) is 2.84. The fraction of sp³-hybridized carbons (Fsp3) is 0.538. The van der Waals surface area contributed by atoms with Crippen molar-refractivity contribution in [2.45, 2.75) is 25.4 Å². The van der Waals surface area contributed by atoms with Crippen molar-refractivity contribution in [3.63, 3.8) is 0 Å². The van der Waals surface area contributed by atoms with Gasteiger partial charge in [-0.3, -0.25) is 10.1 Å². The Morgan fingerprint density at radius 3 is 3.00 bits per heavy atom. The van der Waals surface area contributed by atoms with Gasteiger partial charge in [0.2, 0.25) is 0 Å². The summed E-state index contributed by atoms with van der Waals surface area (Å²) >= 11 is 6.09. The van der Waals surface area contributed by atoms with Gasteiger partial charge in [0, 0.05) is 25.2 Å². The highest BCUT2D eigenvalue weighted by molar-refractivity contribution is 6.31. The van der Waals surface area contributed by atoms with Crippen LogP contribution < -0.4 is 5.32 Å². The van der Waals surface area contributed by atoms with Crippen LogP contribution in [0.4, 0.5) is 5.69 Å². The van der Waals surface area contributed by atoms with Crippen LogP contribution in [0.25, 0.3) is 0 Å². The summed E-state index contributed by atoms with van der Waals surface area (Å²) in [7, 11) is 1.97. The molecule has 1 unspecified atom stereocenters. The van der Waals surface area contributed by atoms with Gasteiger partial charge in [0.15, 0.2) is 0 Å². The Kier molecular flexibility index (Phi) is 4.74. The number of hydrogen-bond acceptors (Lipinski definition) is 4. The van der Waals surface area contributed by atoms with Gasteiger partial charge in [0.25, 0.3) is 5.69 Å². The van der Waals surface area contributed by atoms with Crippen molar-refractivity contribution in [3.8, 4) is 0 Å². The number of nitro benzene ring substituents is 1. The molecule has 1 aliphatic rings. The number of benzene rings is 1. The number of halogens is 1. The minimum atomic E-state index is -0.372. The van der Waals surface area contributed by atoms with Crippen molar-refractivity contribution in [1.29, 1.82) is 0 Å². The summed E-state index contributed by atoms with van der Waals surface area (Å²) in [6.45, 7) is 2.43. The maximum absolute atomic E-state index is 11.0. The van der Waals surface area contributed by atoms with Crippen LogP contribution in [0.1, 0.15) is 18.4 Å². The molecule has 1 saturated heterocycles. The lowest BCUT2D eigenvalue weighted by atomic mass is 10.1. The number of nitrogens with one attached hydrogen (secondary N) is 1. The minimum Gasteiger partial charge on any atom is -0.313 e. The highest BCUT2D eigenvalue weighted by Gasteiger charge is 2.20. The van der Waals surface area contributed by atoms with Crippen LogP contribution in [-0.4, -0.2) is 36.0 Å². The molecule has 1 aromatic carbocycles. The first kappa shape index (κ1) is 14.2. The molecule has 1 atom stereocenters. The second-order valence-electron chi connectivity index (χ2n) is 4.98. The summed E-state index contributed by atoms with van der Waals surface area (Å²) in [4.78, 5) is 12.7. The lowest BCUT2D eigenvalue weighted by molar-refractivity contribution is -0.385. The Bertz CT molecular complexity index is 461. The molecule has 0 bridgehead atoms. The van der Waals surface area contributed by atoms with Crippen LogP contribution in [0, 0.1) is 10.1 Å². The van der Waals surface area contributed by atoms with Crippen molar-refractivity contribution < 1.29 is 4.92 Å². The fourth-order valence-corrected chi connectivity index (χ4v) is 2.73. The standard InChI is InChI=1S/C13H18ClN3O2/c1-16(8-10-4-3-7-15-10)9-11-12(14)5-2-6-13(11)17(18)19/h2,5-6,10,15H,3-4,7-9H2,1H3. The molecule has 1 aromatic rings. The van der Waals surface area contributed by atoms with Gasteiger partial charge < -0.3 is 10.2 Å². The van der Waals surface area contributed by atoms with E-state index >= 15 is 0 Å². The lowest BCUT2D eigenvalue weighted by Gasteiger charge is -2.21. The van der Waals surface area contributed by atoms with Crippen LogP contribution in [0.2, 0.25) is 5.02 Å². The molecule has 1 N–H and O–H groups in total. The van der Waals surface area contributed by atoms with Crippen molar-refractivity contribution in [3.05, 3.63) is 38.9 Å². The SMILES string of the molecule is CN(Cc1c(Cl)cccc1[N+](=O)[O-])CC1CCCN1. The number of likely N-dealkylation sites (N-methyl/N-ethyl adjacent to an activating group) is 1. The van der Waals surface area contributed by atoms with E-state index in [9.17, 15) is 10.1 Å². The average molecular weight is 284 g/mol. The van der Waals surface area contributed by atoms with Crippen LogP contribution in [0.5, 0.6) is 0 Å². The fourth-order valence-electron chi connectivity index (χ4n) is 2.50. The molecule has 0 amide bonds. The van der Waals surface area contributed by atoms with Crippen LogP contribution in [-0.2, 0) is 6.54 Å². The van der Waals surface area contributed by atoms with Crippen molar-refractivity contribution in [2.24, 2.45) is 0 Å². The van der Waals surface area contributed by atoms with E-state index in [0.29, 0.717) is 23.2 Å². The van der Waals surface area contributed by atoms with E-state index in [0.717, 1.165) is 19.5 Å². The molecular formula is C13H18ClN3O2. The van der Waals surface area contributed by atoms with Gasteiger partial charge in [0.05, 0.1) is 15.5 Å². The van der Waals surface area contributed by atoms with Gasteiger partial charge in [-0.15, -0.1) is 0 Å². The largest absolute Gasteiger partial charge is 0.313 e. The third-order valence-corrected chi connectivity index (χ3v) is 3.77. The summed E-state index contributed by atoms with van der Waals surface area (Å²) in [5.74, 6) is 0. The number of rotatable bonds is 5. The number of hydrogen-bond donors (Lipinski definition) is 1. The Hall–Kier alpha value is -1.17. The predicted octanol–water partition coefficient (Wildman–Crippen LogP) is 2.43. The molecule has 1 heterocycles. The minimum absolute atomic E-state index is 0.0960. The van der Waals surface area contributed by atoms with Gasteiger partial charge in [-0.05, 0) is 32.5 Å². The highest BCUT2D eigenvalue weighted by atomic mass is 35.5. The normalized spacial score (nSPS) is 19.0. The quantitative estimate of drug-likeness (QED) is 0.666. The molecular weight excluding hydrogens is 266 g/mol. The van der Waals surface area contributed by atoms with Gasteiger partial charge in [0.1, 0.15) is 0 Å². The molecule has 0 aliphatic carbocycles. The van der Waals surface area contributed by atoms with E-state index in [2.05, 4.69) is 10.2 Å². The molecule has 0 saturated carbocycles. The molecule has 1 aliphatic heterocycles. The van der Waals surface area contributed by atoms with E-state index in [-0.39, 0.29) is 10.6 Å². The Labute approximate surface area is 117 Å². The second-order valence-corrected chi connectivity index (χ2v) is 5.39. The summed E-state index contributed by atoms with van der Waals surface area (Å²) in [5.41, 5.74) is 0.688. The van der Waals surface area contributed by atoms with Gasteiger partial charge in [-0.1, -0.05) is 17.7 Å². The zero-order chi connectivity index (χ0) is 13.8. The Morgan fingerprint density at radius 1 is 1.58 bits per heavy atom. The van der Waals surface area contributed by atoms with E-state index in [1.165, 1.54) is 12.5 Å². The van der Waals surface area contributed by atoms with E-state index in [1.54, 1.807) is 12.1 Å². The first-order valence-electron chi connectivity index (χ1n) is 6.41. The zero-order valence-corrected chi connectivity index (χ0v) is 11.7. The molecule has 1 fully saturated rings. The van der Waals surface area contributed by atoms with Gasteiger partial charge >= 0.3 is 0 Å². The van der Waals surface area contributed by atoms with Crippen LogP contribution in [0.3, 0.4) is 0 Å². The monoisotopic (exact) mass is 283 g/mol. The summed E-state index contributed by atoms with van der Waals surface area (Å²) in [6.07, 6.45) is 2.36. The first-order chi connectivity index (χ1) is 9.08. The molecule has 19 heavy (non-hydrogen) atoms. The molecule has 6 heteroatoms. The Balaban J connectivity index is 2.06. The highest BCUT2D eigenvalue weighted by Crippen LogP contribution is 2.27. The third-order valence-electron chi connectivity index (χ3n) is 3.41. The number of nitrogens with zero attached hydrogens (tertiary/aromatic N) is 2. The van der Waals surface area contributed by atoms with Gasteiger partial charge in [-0.25, -0.2) is 0 Å². The number of nitro groups is 1. The van der Waals surface area contributed by atoms with Gasteiger partial charge in [-0.2, -0.15) is 0 Å². The molecule has 0 radical (unpaired) electrons. The van der Waals surface area contributed by atoms with E-state index < -0.39 is 0 Å². The smallest absolute Gasteiger partial charge is 0.275 e. The van der Waals surface area contributed by atoms with Crippen molar-refractivity contribution >= 4 is 17.3 Å². The van der Waals surface area contributed by atoms with Crippen molar-refractivity contribution in [1.82, 2.24) is 10.2 Å². The molecule has 0 spiro atoms. The molecule has 2 rings (SSSR count).